The molecule has 0 bridgehead atoms. The molecule has 5 nitrogen and oxygen atoms in total. The number of nitrogens with zero attached hydrogens (tertiary/aromatic N) is 1. The van der Waals surface area contributed by atoms with Crippen LogP contribution >= 0.6 is 0 Å². The maximum atomic E-state index is 11.9. The van der Waals surface area contributed by atoms with Crippen molar-refractivity contribution in [1.29, 1.82) is 0 Å². The molecule has 118 valence electrons. The zero-order valence-corrected chi connectivity index (χ0v) is 13.4. The number of likely N-dealkylation sites (N-methyl/N-ethyl adjacent to an activating group) is 1. The summed E-state index contributed by atoms with van der Waals surface area (Å²) in [5, 5.41) is 0.875. The minimum absolute atomic E-state index is 0.0255. The summed E-state index contributed by atoms with van der Waals surface area (Å²) in [6.07, 6.45) is 0. The molecule has 1 amide bonds. The maximum Gasteiger partial charge on any atom is 0.339 e. The summed E-state index contributed by atoms with van der Waals surface area (Å²) in [5.74, 6) is 0.450. The summed E-state index contributed by atoms with van der Waals surface area (Å²) in [6.45, 7) is 8.77. The van der Waals surface area contributed by atoms with Gasteiger partial charge in [0.2, 0.25) is 0 Å². The number of hydrogen-bond donors (Lipinski definition) is 0. The number of carbonyl (C=O) groups excluding carboxylic acids is 1. The van der Waals surface area contributed by atoms with Crippen molar-refractivity contribution in [2.45, 2.75) is 27.7 Å². The number of benzene rings is 1. The number of fused-ring (bicyclic) bond motifs is 1. The Kier molecular flexibility index (Phi) is 4.85. The van der Waals surface area contributed by atoms with E-state index in [1.807, 2.05) is 26.8 Å². The smallest absolute Gasteiger partial charge is 0.339 e. The summed E-state index contributed by atoms with van der Waals surface area (Å²) in [7, 11) is 0. The third-order valence-corrected chi connectivity index (χ3v) is 3.91. The van der Waals surface area contributed by atoms with Gasteiger partial charge in [0.15, 0.2) is 6.61 Å². The molecule has 0 saturated heterocycles. The van der Waals surface area contributed by atoms with Gasteiger partial charge in [-0.3, -0.25) is 4.79 Å². The Labute approximate surface area is 129 Å². The molecule has 0 aliphatic heterocycles. The van der Waals surface area contributed by atoms with Crippen LogP contribution in [0.1, 0.15) is 25.0 Å². The first-order valence-corrected chi connectivity index (χ1v) is 7.42. The summed E-state index contributed by atoms with van der Waals surface area (Å²) in [4.78, 5) is 25.4. The lowest BCUT2D eigenvalue weighted by molar-refractivity contribution is -0.132. The van der Waals surface area contributed by atoms with Crippen molar-refractivity contribution in [3.8, 4) is 5.75 Å². The number of carbonyl (C=O) groups is 1. The highest BCUT2D eigenvalue weighted by Gasteiger charge is 2.12. The van der Waals surface area contributed by atoms with E-state index in [9.17, 15) is 9.59 Å². The Morgan fingerprint density at radius 1 is 1.18 bits per heavy atom. The van der Waals surface area contributed by atoms with Crippen LogP contribution in [0.4, 0.5) is 0 Å². The van der Waals surface area contributed by atoms with E-state index in [-0.39, 0.29) is 18.1 Å². The van der Waals surface area contributed by atoms with Gasteiger partial charge < -0.3 is 14.1 Å². The molecule has 0 unspecified atom stereocenters. The van der Waals surface area contributed by atoms with Crippen LogP contribution < -0.4 is 10.4 Å². The normalized spacial score (nSPS) is 10.7. The van der Waals surface area contributed by atoms with Crippen molar-refractivity contribution in [2.75, 3.05) is 19.7 Å². The fraction of sp³-hybridized carbons (Fsp3) is 0.412. The second-order valence-electron chi connectivity index (χ2n) is 5.15. The molecule has 0 saturated carbocycles. The first kappa shape index (κ1) is 16.1. The van der Waals surface area contributed by atoms with E-state index >= 15 is 0 Å². The molecule has 0 atom stereocenters. The quantitative estimate of drug-likeness (QED) is 0.797. The van der Waals surface area contributed by atoms with Gasteiger partial charge in [0.05, 0.1) is 0 Å². The lowest BCUT2D eigenvalue weighted by atomic mass is 10.1. The lowest BCUT2D eigenvalue weighted by Gasteiger charge is -2.18. The molecule has 1 aromatic heterocycles. The number of aryl methyl sites for hydroxylation is 1. The number of hydrogen-bond acceptors (Lipinski definition) is 4. The molecule has 2 rings (SSSR count). The van der Waals surface area contributed by atoms with E-state index in [1.165, 1.54) is 0 Å². The van der Waals surface area contributed by atoms with Crippen molar-refractivity contribution >= 4 is 16.9 Å². The van der Waals surface area contributed by atoms with Crippen LogP contribution in [0.3, 0.4) is 0 Å². The molecule has 1 aromatic carbocycles. The Morgan fingerprint density at radius 2 is 1.86 bits per heavy atom. The third kappa shape index (κ3) is 3.13. The molecular formula is C17H21NO4. The topological polar surface area (TPSA) is 59.8 Å². The van der Waals surface area contributed by atoms with E-state index < -0.39 is 0 Å². The summed E-state index contributed by atoms with van der Waals surface area (Å²) in [5.41, 5.74) is 1.64. The van der Waals surface area contributed by atoms with Crippen molar-refractivity contribution in [2.24, 2.45) is 0 Å². The molecule has 5 heteroatoms. The fourth-order valence-electron chi connectivity index (χ4n) is 2.33. The second kappa shape index (κ2) is 6.64. The van der Waals surface area contributed by atoms with E-state index in [0.717, 1.165) is 10.9 Å². The van der Waals surface area contributed by atoms with Crippen LogP contribution in [0.2, 0.25) is 0 Å². The molecule has 1 heterocycles. The Morgan fingerprint density at radius 3 is 2.50 bits per heavy atom. The maximum absolute atomic E-state index is 11.9. The van der Waals surface area contributed by atoms with Crippen molar-refractivity contribution in [3.63, 3.8) is 0 Å². The lowest BCUT2D eigenvalue weighted by Crippen LogP contribution is -2.34. The van der Waals surface area contributed by atoms with Gasteiger partial charge in [-0.1, -0.05) is 0 Å². The average molecular weight is 303 g/mol. The molecule has 22 heavy (non-hydrogen) atoms. The van der Waals surface area contributed by atoms with E-state index in [2.05, 4.69) is 0 Å². The van der Waals surface area contributed by atoms with Crippen LogP contribution in [0.25, 0.3) is 11.0 Å². The molecule has 0 aliphatic rings. The van der Waals surface area contributed by atoms with Gasteiger partial charge in [0, 0.05) is 30.1 Å². The van der Waals surface area contributed by atoms with Crippen LogP contribution in [0, 0.1) is 13.8 Å². The Bertz CT molecular complexity index is 744. The van der Waals surface area contributed by atoms with Gasteiger partial charge >= 0.3 is 5.63 Å². The number of ether oxygens (including phenoxy) is 1. The molecular weight excluding hydrogens is 282 g/mol. The summed E-state index contributed by atoms with van der Waals surface area (Å²) in [6, 6.07) is 5.28. The van der Waals surface area contributed by atoms with Crippen molar-refractivity contribution < 1.29 is 13.9 Å². The number of amides is 1. The van der Waals surface area contributed by atoms with Gasteiger partial charge in [0.1, 0.15) is 11.3 Å². The highest BCUT2D eigenvalue weighted by atomic mass is 16.5. The molecule has 0 radical (unpaired) electrons. The largest absolute Gasteiger partial charge is 0.484 e. The first-order valence-electron chi connectivity index (χ1n) is 7.42. The van der Waals surface area contributed by atoms with Gasteiger partial charge in [0.25, 0.3) is 5.91 Å². The minimum atomic E-state index is -0.346. The second-order valence-corrected chi connectivity index (χ2v) is 5.15. The average Bonchev–Trinajstić information content (AvgIpc) is 2.51. The van der Waals surface area contributed by atoms with Crippen molar-refractivity contribution in [1.82, 2.24) is 4.90 Å². The molecule has 0 aliphatic carbocycles. The van der Waals surface area contributed by atoms with Crippen LogP contribution in [0.5, 0.6) is 5.75 Å². The molecule has 2 aromatic rings. The van der Waals surface area contributed by atoms with Crippen LogP contribution in [0.15, 0.2) is 27.4 Å². The van der Waals surface area contributed by atoms with Crippen LogP contribution in [-0.4, -0.2) is 30.5 Å². The zero-order chi connectivity index (χ0) is 16.3. The van der Waals surface area contributed by atoms with Gasteiger partial charge in [-0.25, -0.2) is 4.79 Å². The Hall–Kier alpha value is -2.30. The number of rotatable bonds is 5. The monoisotopic (exact) mass is 303 g/mol. The summed E-state index contributed by atoms with van der Waals surface area (Å²) < 4.78 is 10.8. The van der Waals surface area contributed by atoms with E-state index in [0.29, 0.717) is 30.0 Å². The predicted molar refractivity (Wildman–Crippen MR) is 85.4 cm³/mol. The van der Waals surface area contributed by atoms with Gasteiger partial charge in [-0.2, -0.15) is 0 Å². The molecule has 0 spiro atoms. The highest BCUT2D eigenvalue weighted by Crippen LogP contribution is 2.23. The van der Waals surface area contributed by atoms with E-state index in [1.54, 1.807) is 24.0 Å². The van der Waals surface area contributed by atoms with Crippen molar-refractivity contribution in [3.05, 3.63) is 39.7 Å². The SMILES string of the molecule is CCN(CC)C(=O)COc1ccc2c(C)c(C)c(=O)oc2c1. The highest BCUT2D eigenvalue weighted by molar-refractivity contribution is 5.82. The fourth-order valence-corrected chi connectivity index (χ4v) is 2.33. The Balaban J connectivity index is 2.22. The zero-order valence-electron chi connectivity index (χ0n) is 13.4. The predicted octanol–water partition coefficient (Wildman–Crippen LogP) is 2.66. The standard InChI is InChI=1S/C17H21NO4/c1-5-18(6-2)16(19)10-21-13-7-8-14-11(3)12(4)17(20)22-15(14)9-13/h7-9H,5-6,10H2,1-4H3. The first-order chi connectivity index (χ1) is 10.5. The van der Waals surface area contributed by atoms with Crippen LogP contribution in [-0.2, 0) is 4.79 Å². The van der Waals surface area contributed by atoms with E-state index in [4.69, 9.17) is 9.15 Å². The molecule has 0 fully saturated rings. The van der Waals surface area contributed by atoms with Gasteiger partial charge in [-0.05, 0) is 45.4 Å². The minimum Gasteiger partial charge on any atom is -0.484 e. The molecule has 0 N–H and O–H groups in total. The summed E-state index contributed by atoms with van der Waals surface area (Å²) >= 11 is 0. The van der Waals surface area contributed by atoms with Gasteiger partial charge in [-0.15, -0.1) is 0 Å². The third-order valence-electron chi connectivity index (χ3n) is 3.91.